The zero-order chi connectivity index (χ0) is 21.0. The van der Waals surface area contributed by atoms with Crippen molar-refractivity contribution in [3.63, 3.8) is 0 Å². The summed E-state index contributed by atoms with van der Waals surface area (Å²) in [5.41, 5.74) is 1.70. The number of carbonyl (C=O) groups excluding carboxylic acids is 3. The number of hydrogen-bond donors (Lipinski definition) is 1. The first kappa shape index (κ1) is 21.0. The van der Waals surface area contributed by atoms with Crippen LogP contribution in [0.15, 0.2) is 47.1 Å². The number of amides is 2. The van der Waals surface area contributed by atoms with E-state index in [0.29, 0.717) is 17.2 Å². The van der Waals surface area contributed by atoms with Crippen molar-refractivity contribution in [2.45, 2.75) is 38.1 Å². The molecule has 2 amide bonds. The number of nitrogens with one attached hydrogen (secondary N) is 1. The van der Waals surface area contributed by atoms with Gasteiger partial charge in [0.05, 0.1) is 6.26 Å². The number of nitrogens with zero attached hydrogens (tertiary/aromatic N) is 1. The van der Waals surface area contributed by atoms with Gasteiger partial charge in [-0.25, -0.2) is 4.79 Å². The van der Waals surface area contributed by atoms with Gasteiger partial charge < -0.3 is 19.4 Å². The van der Waals surface area contributed by atoms with E-state index in [1.54, 1.807) is 12.1 Å². The average Bonchev–Trinajstić information content (AvgIpc) is 3.35. The Bertz CT molecular complexity index is 881. The van der Waals surface area contributed by atoms with Crippen molar-refractivity contribution in [3.8, 4) is 0 Å². The maximum absolute atomic E-state index is 12.6. The van der Waals surface area contributed by atoms with E-state index in [9.17, 15) is 14.4 Å². The first-order valence-electron chi connectivity index (χ1n) is 9.37. The lowest BCUT2D eigenvalue weighted by Crippen LogP contribution is -2.43. The number of thioether (sulfide) groups is 1. The van der Waals surface area contributed by atoms with E-state index in [1.807, 2.05) is 38.1 Å². The molecule has 0 spiro atoms. The van der Waals surface area contributed by atoms with Crippen LogP contribution in [0.5, 0.6) is 0 Å². The summed E-state index contributed by atoms with van der Waals surface area (Å²) in [5, 5.41) is 2.40. The summed E-state index contributed by atoms with van der Waals surface area (Å²) in [4.78, 5) is 38.4. The molecule has 0 aliphatic carbocycles. The van der Waals surface area contributed by atoms with E-state index in [-0.39, 0.29) is 17.2 Å². The van der Waals surface area contributed by atoms with Crippen molar-refractivity contribution in [1.82, 2.24) is 4.90 Å². The first-order valence-corrected chi connectivity index (χ1v) is 10.4. The molecule has 8 heteroatoms. The van der Waals surface area contributed by atoms with Crippen LogP contribution in [0.4, 0.5) is 5.69 Å². The third kappa shape index (κ3) is 4.82. The fourth-order valence-corrected chi connectivity index (χ4v) is 4.67. The van der Waals surface area contributed by atoms with Crippen molar-refractivity contribution in [2.75, 3.05) is 17.7 Å². The molecule has 0 bridgehead atoms. The zero-order valence-corrected chi connectivity index (χ0v) is 17.4. The van der Waals surface area contributed by atoms with Gasteiger partial charge in [0.1, 0.15) is 17.2 Å². The molecule has 29 heavy (non-hydrogen) atoms. The Kier molecular flexibility index (Phi) is 6.64. The molecule has 3 rings (SSSR count). The Labute approximate surface area is 173 Å². The van der Waals surface area contributed by atoms with Gasteiger partial charge in [0, 0.05) is 18.4 Å². The summed E-state index contributed by atoms with van der Waals surface area (Å²) in [6, 6.07) is 10.2. The number of ether oxygens (including phenoxy) is 1. The molecule has 1 aliphatic heterocycles. The molecule has 7 nitrogen and oxygen atoms in total. The van der Waals surface area contributed by atoms with Crippen LogP contribution in [0.25, 0.3) is 0 Å². The molecule has 1 saturated heterocycles. The van der Waals surface area contributed by atoms with Crippen LogP contribution in [-0.2, 0) is 19.1 Å². The molecule has 1 fully saturated rings. The maximum atomic E-state index is 12.6. The lowest BCUT2D eigenvalue weighted by molar-refractivity contribution is -0.155. The lowest BCUT2D eigenvalue weighted by atomic mass is 10.0. The zero-order valence-electron chi connectivity index (χ0n) is 16.6. The van der Waals surface area contributed by atoms with Crippen molar-refractivity contribution < 1.29 is 23.5 Å². The van der Waals surface area contributed by atoms with Crippen LogP contribution in [0.3, 0.4) is 0 Å². The number of rotatable bonds is 6. The van der Waals surface area contributed by atoms with Gasteiger partial charge in [0.15, 0.2) is 6.61 Å². The Hall–Kier alpha value is -2.74. The summed E-state index contributed by atoms with van der Waals surface area (Å²) in [6.45, 7) is 5.06. The van der Waals surface area contributed by atoms with Crippen LogP contribution in [-0.4, -0.2) is 41.1 Å². The predicted molar refractivity (Wildman–Crippen MR) is 110 cm³/mol. The number of esters is 1. The van der Waals surface area contributed by atoms with Crippen molar-refractivity contribution in [3.05, 3.63) is 54.0 Å². The molecule has 1 aromatic heterocycles. The number of para-hydroxylation sites is 1. The SMILES string of the molecule is CC(=O)N1[C@H](C(=O)OCC(=O)Nc2ccccc2C(C)C)CS[C@H]1c1ccco1. The molecule has 2 heterocycles. The lowest BCUT2D eigenvalue weighted by Gasteiger charge is -2.25. The number of furan rings is 1. The Morgan fingerprint density at radius 1 is 1.24 bits per heavy atom. The predicted octanol–water partition coefficient (Wildman–Crippen LogP) is 3.55. The molecule has 0 unspecified atom stereocenters. The summed E-state index contributed by atoms with van der Waals surface area (Å²) in [6.07, 6.45) is 1.53. The van der Waals surface area contributed by atoms with Gasteiger partial charge >= 0.3 is 5.97 Å². The highest BCUT2D eigenvalue weighted by Crippen LogP contribution is 2.41. The van der Waals surface area contributed by atoms with Crippen molar-refractivity contribution in [2.24, 2.45) is 0 Å². The summed E-state index contributed by atoms with van der Waals surface area (Å²) in [7, 11) is 0. The van der Waals surface area contributed by atoms with Crippen LogP contribution in [0.1, 0.15) is 43.4 Å². The fraction of sp³-hybridized carbons (Fsp3) is 0.381. The number of hydrogen-bond acceptors (Lipinski definition) is 6. The Morgan fingerprint density at radius 3 is 2.66 bits per heavy atom. The molecule has 1 aromatic carbocycles. The van der Waals surface area contributed by atoms with Crippen LogP contribution < -0.4 is 5.32 Å². The molecular weight excluding hydrogens is 392 g/mol. The first-order chi connectivity index (χ1) is 13.9. The Balaban J connectivity index is 1.60. The minimum absolute atomic E-state index is 0.243. The molecular formula is C21H24N2O5S. The van der Waals surface area contributed by atoms with Gasteiger partial charge in [0.25, 0.3) is 5.91 Å². The van der Waals surface area contributed by atoms with Gasteiger partial charge in [-0.15, -0.1) is 11.8 Å². The number of anilines is 1. The monoisotopic (exact) mass is 416 g/mol. The van der Waals surface area contributed by atoms with Gasteiger partial charge in [-0.2, -0.15) is 0 Å². The maximum Gasteiger partial charge on any atom is 0.330 e. The van der Waals surface area contributed by atoms with E-state index in [1.165, 1.54) is 29.8 Å². The minimum Gasteiger partial charge on any atom is -0.466 e. The third-order valence-corrected chi connectivity index (χ3v) is 5.91. The van der Waals surface area contributed by atoms with Crippen molar-refractivity contribution in [1.29, 1.82) is 0 Å². The number of carbonyl (C=O) groups is 3. The van der Waals surface area contributed by atoms with Gasteiger partial charge in [0.2, 0.25) is 5.91 Å². The standard InChI is InChI=1S/C21H24N2O5S/c1-13(2)15-7-4-5-8-16(15)22-19(25)11-28-21(26)17-12-29-20(23(17)14(3)24)18-9-6-10-27-18/h4-10,13,17,20H,11-12H2,1-3H3,(H,22,25)/t17-,20-/m0/s1. The molecule has 2 aromatic rings. The van der Waals surface area contributed by atoms with E-state index >= 15 is 0 Å². The minimum atomic E-state index is -0.761. The highest BCUT2D eigenvalue weighted by atomic mass is 32.2. The van der Waals surface area contributed by atoms with Gasteiger partial charge in [-0.3, -0.25) is 9.59 Å². The van der Waals surface area contributed by atoms with Crippen LogP contribution in [0.2, 0.25) is 0 Å². The fourth-order valence-electron chi connectivity index (χ4n) is 3.26. The normalized spacial score (nSPS) is 18.7. The summed E-state index contributed by atoms with van der Waals surface area (Å²) < 4.78 is 10.6. The molecule has 0 radical (unpaired) electrons. The second-order valence-electron chi connectivity index (χ2n) is 7.04. The second-order valence-corrected chi connectivity index (χ2v) is 8.15. The highest BCUT2D eigenvalue weighted by Gasteiger charge is 2.43. The van der Waals surface area contributed by atoms with Crippen LogP contribution in [0, 0.1) is 0 Å². The van der Waals surface area contributed by atoms with Gasteiger partial charge in [-0.05, 0) is 29.7 Å². The highest BCUT2D eigenvalue weighted by molar-refractivity contribution is 7.99. The smallest absolute Gasteiger partial charge is 0.330 e. The molecule has 0 saturated carbocycles. The molecule has 1 aliphatic rings. The van der Waals surface area contributed by atoms with Crippen molar-refractivity contribution >= 4 is 35.2 Å². The number of benzene rings is 1. The van der Waals surface area contributed by atoms with E-state index in [2.05, 4.69) is 5.32 Å². The van der Waals surface area contributed by atoms with Gasteiger partial charge in [-0.1, -0.05) is 32.0 Å². The Morgan fingerprint density at radius 2 is 2.00 bits per heavy atom. The van der Waals surface area contributed by atoms with E-state index in [4.69, 9.17) is 9.15 Å². The third-order valence-electron chi connectivity index (χ3n) is 4.63. The summed E-state index contributed by atoms with van der Waals surface area (Å²) >= 11 is 1.42. The molecule has 2 atom stereocenters. The molecule has 154 valence electrons. The topological polar surface area (TPSA) is 88.8 Å². The second kappa shape index (κ2) is 9.17. The largest absolute Gasteiger partial charge is 0.466 e. The molecule has 1 N–H and O–H groups in total. The average molecular weight is 416 g/mol. The van der Waals surface area contributed by atoms with E-state index < -0.39 is 24.5 Å². The van der Waals surface area contributed by atoms with E-state index in [0.717, 1.165) is 5.56 Å². The summed E-state index contributed by atoms with van der Waals surface area (Å²) in [5.74, 6) is -0.0609. The quantitative estimate of drug-likeness (QED) is 0.725. The van der Waals surface area contributed by atoms with Crippen LogP contribution >= 0.6 is 11.8 Å².